The standard InChI is InChI=1S/C15H19F2NO3/c1-3-5-9(6-4-2)14(19)18-13-7-10(15(20)21)11(16)8-12(13)17/h7-9H,3-6H2,1-2H3,(H,18,19)(H,20,21). The van der Waals surface area contributed by atoms with Gasteiger partial charge in [-0.15, -0.1) is 0 Å². The number of anilines is 1. The van der Waals surface area contributed by atoms with Gasteiger partial charge in [-0.3, -0.25) is 4.79 Å². The van der Waals surface area contributed by atoms with Crippen molar-refractivity contribution in [2.45, 2.75) is 39.5 Å². The van der Waals surface area contributed by atoms with E-state index < -0.39 is 23.2 Å². The predicted octanol–water partition coefficient (Wildman–Crippen LogP) is 3.82. The van der Waals surface area contributed by atoms with E-state index in [0.29, 0.717) is 18.9 Å². The van der Waals surface area contributed by atoms with E-state index in [9.17, 15) is 18.4 Å². The van der Waals surface area contributed by atoms with Crippen LogP contribution in [0.15, 0.2) is 12.1 Å². The molecule has 0 unspecified atom stereocenters. The Bertz CT molecular complexity index is 526. The number of halogens is 2. The quantitative estimate of drug-likeness (QED) is 0.804. The van der Waals surface area contributed by atoms with E-state index in [1.54, 1.807) is 0 Å². The van der Waals surface area contributed by atoms with E-state index in [4.69, 9.17) is 5.11 Å². The zero-order valence-electron chi connectivity index (χ0n) is 12.1. The van der Waals surface area contributed by atoms with Crippen LogP contribution in [0.1, 0.15) is 49.9 Å². The normalized spacial score (nSPS) is 10.7. The number of benzene rings is 1. The maximum Gasteiger partial charge on any atom is 0.338 e. The van der Waals surface area contributed by atoms with E-state index >= 15 is 0 Å². The van der Waals surface area contributed by atoms with Gasteiger partial charge in [0.25, 0.3) is 0 Å². The first-order chi connectivity index (χ1) is 9.90. The molecule has 0 atom stereocenters. The molecule has 1 rings (SSSR count). The number of hydrogen-bond donors (Lipinski definition) is 2. The molecule has 0 saturated carbocycles. The zero-order chi connectivity index (χ0) is 16.0. The molecule has 0 radical (unpaired) electrons. The summed E-state index contributed by atoms with van der Waals surface area (Å²) in [5.41, 5.74) is -0.981. The third kappa shape index (κ3) is 4.51. The first kappa shape index (κ1) is 17.1. The summed E-state index contributed by atoms with van der Waals surface area (Å²) in [5, 5.41) is 11.2. The maximum atomic E-state index is 13.6. The van der Waals surface area contributed by atoms with Gasteiger partial charge in [-0.2, -0.15) is 0 Å². The lowest BCUT2D eigenvalue weighted by Gasteiger charge is -2.16. The summed E-state index contributed by atoms with van der Waals surface area (Å²) >= 11 is 0. The number of nitrogens with one attached hydrogen (secondary N) is 1. The monoisotopic (exact) mass is 299 g/mol. The van der Waals surface area contributed by atoms with Crippen molar-refractivity contribution in [2.24, 2.45) is 5.92 Å². The minimum absolute atomic E-state index is 0.266. The molecule has 0 bridgehead atoms. The van der Waals surface area contributed by atoms with Crippen molar-refractivity contribution in [3.05, 3.63) is 29.3 Å². The summed E-state index contributed by atoms with van der Waals surface area (Å²) in [4.78, 5) is 22.9. The highest BCUT2D eigenvalue weighted by Gasteiger charge is 2.20. The average molecular weight is 299 g/mol. The molecule has 21 heavy (non-hydrogen) atoms. The Balaban J connectivity index is 2.98. The Morgan fingerprint density at radius 1 is 1.14 bits per heavy atom. The van der Waals surface area contributed by atoms with Crippen LogP contribution in [0.3, 0.4) is 0 Å². The number of hydrogen-bond acceptors (Lipinski definition) is 2. The van der Waals surface area contributed by atoms with Gasteiger partial charge in [0.15, 0.2) is 0 Å². The molecule has 4 nitrogen and oxygen atoms in total. The second kappa shape index (κ2) is 7.71. The van der Waals surface area contributed by atoms with Gasteiger partial charge < -0.3 is 10.4 Å². The van der Waals surface area contributed by atoms with Crippen molar-refractivity contribution in [3.63, 3.8) is 0 Å². The van der Waals surface area contributed by atoms with E-state index in [1.807, 2.05) is 13.8 Å². The molecule has 116 valence electrons. The predicted molar refractivity (Wildman–Crippen MR) is 75.3 cm³/mol. The first-order valence-corrected chi connectivity index (χ1v) is 6.93. The lowest BCUT2D eigenvalue weighted by atomic mass is 9.97. The van der Waals surface area contributed by atoms with Crippen molar-refractivity contribution in [3.8, 4) is 0 Å². The highest BCUT2D eigenvalue weighted by molar-refractivity contribution is 5.95. The molecule has 1 aromatic carbocycles. The Kier molecular flexibility index (Phi) is 6.27. The van der Waals surface area contributed by atoms with Crippen molar-refractivity contribution in [1.82, 2.24) is 0 Å². The Hall–Kier alpha value is -1.98. The molecular weight excluding hydrogens is 280 g/mol. The van der Waals surface area contributed by atoms with E-state index in [2.05, 4.69) is 5.32 Å². The van der Waals surface area contributed by atoms with Gasteiger partial charge in [0, 0.05) is 12.0 Å². The number of carbonyl (C=O) groups is 2. The van der Waals surface area contributed by atoms with Gasteiger partial charge >= 0.3 is 5.97 Å². The summed E-state index contributed by atoms with van der Waals surface area (Å²) in [6.45, 7) is 3.88. The third-order valence-electron chi connectivity index (χ3n) is 3.19. The molecule has 0 aliphatic heterocycles. The van der Waals surface area contributed by atoms with Crippen LogP contribution in [0.4, 0.5) is 14.5 Å². The van der Waals surface area contributed by atoms with E-state index in [0.717, 1.165) is 18.9 Å². The van der Waals surface area contributed by atoms with Gasteiger partial charge in [-0.05, 0) is 18.9 Å². The number of carbonyl (C=O) groups excluding carboxylic acids is 1. The van der Waals surface area contributed by atoms with Gasteiger partial charge in [-0.1, -0.05) is 26.7 Å². The van der Waals surface area contributed by atoms with Crippen molar-refractivity contribution in [1.29, 1.82) is 0 Å². The van der Waals surface area contributed by atoms with Crippen LogP contribution in [0.2, 0.25) is 0 Å². The molecule has 1 aromatic rings. The molecule has 6 heteroatoms. The molecule has 0 saturated heterocycles. The third-order valence-corrected chi connectivity index (χ3v) is 3.19. The lowest BCUT2D eigenvalue weighted by molar-refractivity contribution is -0.120. The smallest absolute Gasteiger partial charge is 0.338 e. The van der Waals surface area contributed by atoms with Gasteiger partial charge in [0.2, 0.25) is 5.91 Å². The van der Waals surface area contributed by atoms with Crippen molar-refractivity contribution >= 4 is 17.6 Å². The molecule has 0 spiro atoms. The zero-order valence-corrected chi connectivity index (χ0v) is 12.1. The number of carboxylic acids is 1. The minimum atomic E-state index is -1.51. The molecule has 1 amide bonds. The summed E-state index contributed by atoms with van der Waals surface area (Å²) in [6, 6.07) is 1.27. The SMILES string of the molecule is CCCC(CCC)C(=O)Nc1cc(C(=O)O)c(F)cc1F. The van der Waals surface area contributed by atoms with Crippen molar-refractivity contribution in [2.75, 3.05) is 5.32 Å². The lowest BCUT2D eigenvalue weighted by Crippen LogP contribution is -2.23. The van der Waals surface area contributed by atoms with E-state index in [-0.39, 0.29) is 17.5 Å². The Morgan fingerprint density at radius 2 is 1.71 bits per heavy atom. The number of aromatic carboxylic acids is 1. The largest absolute Gasteiger partial charge is 0.478 e. The fourth-order valence-corrected chi connectivity index (χ4v) is 2.15. The maximum absolute atomic E-state index is 13.6. The second-order valence-corrected chi connectivity index (χ2v) is 4.88. The molecule has 2 N–H and O–H groups in total. The molecule has 0 aliphatic carbocycles. The molecular formula is C15H19F2NO3. The number of carboxylic acid groups (broad SMARTS) is 1. The Labute approximate surface area is 122 Å². The van der Waals surface area contributed by atoms with Crippen LogP contribution in [0.25, 0.3) is 0 Å². The second-order valence-electron chi connectivity index (χ2n) is 4.88. The molecule has 0 aromatic heterocycles. The van der Waals surface area contributed by atoms with Crippen LogP contribution in [-0.4, -0.2) is 17.0 Å². The summed E-state index contributed by atoms with van der Waals surface area (Å²) in [6.07, 6.45) is 2.94. The number of amides is 1. The molecule has 0 heterocycles. The highest BCUT2D eigenvalue weighted by atomic mass is 19.1. The fraction of sp³-hybridized carbons (Fsp3) is 0.467. The first-order valence-electron chi connectivity index (χ1n) is 6.93. The van der Waals surface area contributed by atoms with E-state index in [1.165, 1.54) is 0 Å². The minimum Gasteiger partial charge on any atom is -0.478 e. The number of rotatable bonds is 7. The van der Waals surface area contributed by atoms with Crippen LogP contribution < -0.4 is 5.32 Å². The topological polar surface area (TPSA) is 66.4 Å². The van der Waals surface area contributed by atoms with Crippen molar-refractivity contribution < 1.29 is 23.5 Å². The van der Waals surface area contributed by atoms with Gasteiger partial charge in [0.1, 0.15) is 11.6 Å². The summed E-state index contributed by atoms with van der Waals surface area (Å²) in [5.74, 6) is -4.31. The van der Waals surface area contributed by atoms with Crippen LogP contribution in [-0.2, 0) is 4.79 Å². The van der Waals surface area contributed by atoms with Gasteiger partial charge in [-0.25, -0.2) is 13.6 Å². The molecule has 0 fully saturated rings. The average Bonchev–Trinajstić information content (AvgIpc) is 2.41. The highest BCUT2D eigenvalue weighted by Crippen LogP contribution is 2.22. The van der Waals surface area contributed by atoms with Crippen LogP contribution in [0, 0.1) is 17.6 Å². The summed E-state index contributed by atoms with van der Waals surface area (Å²) < 4.78 is 26.9. The van der Waals surface area contributed by atoms with Crippen LogP contribution >= 0.6 is 0 Å². The summed E-state index contributed by atoms with van der Waals surface area (Å²) in [7, 11) is 0. The van der Waals surface area contributed by atoms with Gasteiger partial charge in [0.05, 0.1) is 11.3 Å². The molecule has 0 aliphatic rings. The fourth-order valence-electron chi connectivity index (χ4n) is 2.15. The Morgan fingerprint density at radius 3 is 2.19 bits per heavy atom. The van der Waals surface area contributed by atoms with Crippen LogP contribution in [0.5, 0.6) is 0 Å².